The lowest BCUT2D eigenvalue weighted by Crippen LogP contribution is -2.38. The van der Waals surface area contributed by atoms with Crippen molar-refractivity contribution < 1.29 is 4.79 Å². The van der Waals surface area contributed by atoms with Crippen LogP contribution in [0.3, 0.4) is 0 Å². The van der Waals surface area contributed by atoms with E-state index in [1.165, 1.54) is 0 Å². The van der Waals surface area contributed by atoms with E-state index in [4.69, 9.17) is 5.84 Å². The maximum absolute atomic E-state index is 12.3. The molecule has 0 radical (unpaired) electrons. The third-order valence-electron chi connectivity index (χ3n) is 3.44. The van der Waals surface area contributed by atoms with E-state index in [0.29, 0.717) is 17.9 Å². The average molecular weight is 293 g/mol. The van der Waals surface area contributed by atoms with E-state index in [0.717, 1.165) is 5.69 Å². The Labute approximate surface area is 127 Å². The van der Waals surface area contributed by atoms with E-state index in [-0.39, 0.29) is 17.4 Å². The van der Waals surface area contributed by atoms with Crippen LogP contribution in [0.1, 0.15) is 43.7 Å². The second-order valence-corrected chi connectivity index (χ2v) is 6.54. The average Bonchev–Trinajstić information content (AvgIpc) is 2.42. The summed E-state index contributed by atoms with van der Waals surface area (Å²) in [4.78, 5) is 18.8. The van der Waals surface area contributed by atoms with Gasteiger partial charge in [0.1, 0.15) is 5.82 Å². The molecule has 0 spiro atoms. The lowest BCUT2D eigenvalue weighted by atomic mass is 9.90. The Hall–Kier alpha value is -1.66. The van der Waals surface area contributed by atoms with Crippen molar-refractivity contribution in [2.75, 3.05) is 26.1 Å². The van der Waals surface area contributed by atoms with Crippen molar-refractivity contribution in [2.24, 2.45) is 5.84 Å². The zero-order valence-electron chi connectivity index (χ0n) is 13.8. The van der Waals surface area contributed by atoms with E-state index in [1.807, 2.05) is 40.9 Å². The molecule has 1 heterocycles. The van der Waals surface area contributed by atoms with Crippen molar-refractivity contribution in [1.29, 1.82) is 0 Å². The summed E-state index contributed by atoms with van der Waals surface area (Å²) in [7, 11) is 3.97. The zero-order valence-corrected chi connectivity index (χ0v) is 13.8. The number of amides is 1. The monoisotopic (exact) mass is 293 g/mol. The molecule has 6 nitrogen and oxygen atoms in total. The van der Waals surface area contributed by atoms with E-state index in [9.17, 15) is 4.79 Å². The van der Waals surface area contributed by atoms with Gasteiger partial charge in [0.15, 0.2) is 0 Å². The molecule has 1 atom stereocenters. The predicted octanol–water partition coefficient (Wildman–Crippen LogP) is 1.34. The van der Waals surface area contributed by atoms with Gasteiger partial charge in [-0.1, -0.05) is 20.8 Å². The minimum absolute atomic E-state index is 0.118. The highest BCUT2D eigenvalue weighted by molar-refractivity contribution is 5.95. The third-order valence-corrected chi connectivity index (χ3v) is 3.44. The van der Waals surface area contributed by atoms with Crippen LogP contribution < -0.4 is 16.6 Å². The highest BCUT2D eigenvalue weighted by Crippen LogP contribution is 2.23. The number of carbonyl (C=O) groups excluding carboxylic acids is 1. The minimum Gasteiger partial charge on any atom is -0.350 e. The van der Waals surface area contributed by atoms with Crippen molar-refractivity contribution in [2.45, 2.75) is 39.2 Å². The molecule has 118 valence electrons. The zero-order chi connectivity index (χ0) is 16.2. The quantitative estimate of drug-likeness (QED) is 0.564. The summed E-state index contributed by atoms with van der Waals surface area (Å²) in [6.07, 6.45) is 0. The molecule has 4 N–H and O–H groups in total. The van der Waals surface area contributed by atoms with Crippen LogP contribution in [0.2, 0.25) is 0 Å². The highest BCUT2D eigenvalue weighted by atomic mass is 16.1. The highest BCUT2D eigenvalue weighted by Gasteiger charge is 2.19. The molecular weight excluding hydrogens is 266 g/mol. The second kappa shape index (κ2) is 6.87. The van der Waals surface area contributed by atoms with E-state index in [1.54, 1.807) is 6.07 Å². The largest absolute Gasteiger partial charge is 0.350 e. The summed E-state index contributed by atoms with van der Waals surface area (Å²) in [5, 5.41) is 2.93. The molecule has 0 aliphatic rings. The predicted molar refractivity (Wildman–Crippen MR) is 86.2 cm³/mol. The fourth-order valence-corrected chi connectivity index (χ4v) is 1.64. The topological polar surface area (TPSA) is 83.3 Å². The first-order valence-corrected chi connectivity index (χ1v) is 7.09. The molecule has 6 heteroatoms. The smallest absolute Gasteiger partial charge is 0.251 e. The van der Waals surface area contributed by atoms with Gasteiger partial charge in [-0.3, -0.25) is 4.79 Å². The molecule has 1 amide bonds. The van der Waals surface area contributed by atoms with Crippen LogP contribution in [-0.2, 0) is 5.41 Å². The van der Waals surface area contributed by atoms with Crippen LogP contribution in [0, 0.1) is 0 Å². The van der Waals surface area contributed by atoms with Crippen LogP contribution in [0.5, 0.6) is 0 Å². The lowest BCUT2D eigenvalue weighted by Gasteiger charge is -2.21. The van der Waals surface area contributed by atoms with Gasteiger partial charge < -0.3 is 15.6 Å². The Kier molecular flexibility index (Phi) is 5.69. The molecule has 0 aliphatic heterocycles. The van der Waals surface area contributed by atoms with Crippen molar-refractivity contribution in [3.8, 4) is 0 Å². The Morgan fingerprint density at radius 3 is 2.48 bits per heavy atom. The van der Waals surface area contributed by atoms with Gasteiger partial charge in [0.2, 0.25) is 0 Å². The van der Waals surface area contributed by atoms with Crippen molar-refractivity contribution >= 4 is 11.7 Å². The minimum atomic E-state index is -0.154. The van der Waals surface area contributed by atoms with Crippen molar-refractivity contribution in [3.63, 3.8) is 0 Å². The van der Waals surface area contributed by atoms with Gasteiger partial charge in [-0.15, -0.1) is 0 Å². The summed E-state index contributed by atoms with van der Waals surface area (Å²) < 4.78 is 0. The third kappa shape index (κ3) is 4.99. The molecule has 0 aliphatic carbocycles. The van der Waals surface area contributed by atoms with E-state index < -0.39 is 0 Å². The Bertz CT molecular complexity index is 493. The second-order valence-electron chi connectivity index (χ2n) is 6.54. The van der Waals surface area contributed by atoms with Crippen LogP contribution in [0.4, 0.5) is 5.82 Å². The first-order valence-electron chi connectivity index (χ1n) is 7.09. The van der Waals surface area contributed by atoms with Gasteiger partial charge in [0.05, 0.1) is 0 Å². The summed E-state index contributed by atoms with van der Waals surface area (Å²) in [5.74, 6) is 5.82. The van der Waals surface area contributed by atoms with Gasteiger partial charge in [0, 0.05) is 29.3 Å². The Morgan fingerprint density at radius 2 is 2.00 bits per heavy atom. The van der Waals surface area contributed by atoms with Crippen molar-refractivity contribution in [3.05, 3.63) is 23.4 Å². The molecule has 0 aromatic carbocycles. The maximum atomic E-state index is 12.3. The molecule has 1 aromatic heterocycles. The van der Waals surface area contributed by atoms with Crippen LogP contribution in [-0.4, -0.2) is 42.5 Å². The Morgan fingerprint density at radius 1 is 1.38 bits per heavy atom. The molecule has 0 saturated carbocycles. The number of anilines is 1. The number of pyridine rings is 1. The molecule has 0 saturated heterocycles. The summed E-state index contributed by atoms with van der Waals surface area (Å²) in [6.45, 7) is 8.78. The number of nitrogens with zero attached hydrogens (tertiary/aromatic N) is 2. The number of rotatable bonds is 5. The maximum Gasteiger partial charge on any atom is 0.251 e. The lowest BCUT2D eigenvalue weighted by molar-refractivity contribution is 0.0943. The normalized spacial score (nSPS) is 13.1. The number of hydrazine groups is 1. The summed E-state index contributed by atoms with van der Waals surface area (Å²) in [5.41, 5.74) is 3.75. The molecule has 1 aromatic rings. The number of likely N-dealkylation sites (N-methyl/N-ethyl adjacent to an activating group) is 1. The van der Waals surface area contributed by atoms with Gasteiger partial charge >= 0.3 is 0 Å². The number of hydrogen-bond acceptors (Lipinski definition) is 5. The first-order chi connectivity index (χ1) is 9.65. The standard InChI is InChI=1S/C15H27N5O/c1-10(20(5)6)9-17-14(21)11-7-12(15(2,3)4)18-13(8-11)19-16/h7-8,10H,9,16H2,1-6H3,(H,17,21)(H,18,19). The number of carbonyl (C=O) groups is 1. The van der Waals surface area contributed by atoms with Gasteiger partial charge in [-0.05, 0) is 33.2 Å². The van der Waals surface area contributed by atoms with Gasteiger partial charge in [0.25, 0.3) is 5.91 Å². The SMILES string of the molecule is CC(CNC(=O)c1cc(NN)nc(C(C)(C)C)c1)N(C)C. The van der Waals surface area contributed by atoms with Crippen molar-refractivity contribution in [1.82, 2.24) is 15.2 Å². The number of nitrogens with two attached hydrogens (primary N) is 1. The molecule has 1 rings (SSSR count). The number of nitrogens with one attached hydrogen (secondary N) is 2. The summed E-state index contributed by atoms with van der Waals surface area (Å²) >= 11 is 0. The fraction of sp³-hybridized carbons (Fsp3) is 0.600. The molecule has 0 fully saturated rings. The number of nitrogen functional groups attached to an aromatic ring is 1. The molecule has 21 heavy (non-hydrogen) atoms. The van der Waals surface area contributed by atoms with E-state index >= 15 is 0 Å². The fourth-order valence-electron chi connectivity index (χ4n) is 1.64. The van der Waals surface area contributed by atoms with Crippen LogP contribution in [0.15, 0.2) is 12.1 Å². The Balaban J connectivity index is 2.93. The van der Waals surface area contributed by atoms with Crippen LogP contribution in [0.25, 0.3) is 0 Å². The van der Waals surface area contributed by atoms with Crippen LogP contribution >= 0.6 is 0 Å². The molecule has 0 bridgehead atoms. The molecular formula is C15H27N5O. The summed E-state index contributed by atoms with van der Waals surface area (Å²) in [6, 6.07) is 3.74. The van der Waals surface area contributed by atoms with Gasteiger partial charge in [-0.2, -0.15) is 0 Å². The number of hydrogen-bond donors (Lipinski definition) is 3. The number of aromatic nitrogens is 1. The van der Waals surface area contributed by atoms with E-state index in [2.05, 4.69) is 27.6 Å². The first kappa shape index (κ1) is 17.4. The van der Waals surface area contributed by atoms with Gasteiger partial charge in [-0.25, -0.2) is 10.8 Å². The molecule has 1 unspecified atom stereocenters.